The molecule has 7 aromatic carbocycles. The molecule has 0 aliphatic heterocycles. The van der Waals surface area contributed by atoms with Gasteiger partial charge in [0, 0.05) is 125 Å². The SMILES string of the molecule is CCCCCCn1c2ccccc2c2cc(C(=O)/C=C(\[O-])C(F)(F)F)ccc21.CCCCCCn1c2ccccc2c2cc(C(=O)/C=C(\[O-])C(F)(F)F)ccc21.CCCCCCn1c2ccccc2c2cc(C(=O)/C=C(\[O-])C(F)(F)F)ccc21.[Eu+3].c1cnc2c(c1)ccc1cccnc12. The summed E-state index contributed by atoms with van der Waals surface area (Å²) in [6.45, 7) is 8.95. The largest absolute Gasteiger partial charge is 3.00 e. The number of ketones is 3. The number of pyridine rings is 2. The van der Waals surface area contributed by atoms with E-state index in [1.54, 1.807) is 48.8 Å². The number of para-hydroxylation sites is 3. The fourth-order valence-electron chi connectivity index (χ4n) is 12.0. The van der Waals surface area contributed by atoms with E-state index in [0.29, 0.717) is 0 Å². The van der Waals surface area contributed by atoms with Gasteiger partial charge >= 0.3 is 67.9 Å². The Kier molecular flexibility index (Phi) is 26.5. The van der Waals surface area contributed by atoms with Gasteiger partial charge in [-0.2, -0.15) is 39.5 Å². The molecule has 0 N–H and O–H groups in total. The van der Waals surface area contributed by atoms with Crippen LogP contribution < -0.4 is 15.3 Å². The van der Waals surface area contributed by atoms with Crippen LogP contribution in [0, 0.1) is 49.4 Å². The second-order valence-electron chi connectivity index (χ2n) is 23.7. The van der Waals surface area contributed by atoms with Gasteiger partial charge in [0.2, 0.25) is 0 Å². The number of nitrogens with zero attached hydrogens (tertiary/aromatic N) is 5. The van der Waals surface area contributed by atoms with Gasteiger partial charge in [-0.1, -0.05) is 157 Å². The van der Waals surface area contributed by atoms with Crippen molar-refractivity contribution in [2.45, 2.75) is 136 Å². The predicted molar refractivity (Wildman–Crippen MR) is 363 cm³/mol. The second-order valence-corrected chi connectivity index (χ2v) is 23.7. The molecule has 11 nitrogen and oxygen atoms in total. The number of aryl methyl sites for hydroxylation is 3. The van der Waals surface area contributed by atoms with Crippen LogP contribution in [0.3, 0.4) is 0 Å². The van der Waals surface area contributed by atoms with Crippen LogP contribution in [-0.4, -0.2) is 59.5 Å². The first kappa shape index (κ1) is 76.1. The summed E-state index contributed by atoms with van der Waals surface area (Å²) in [4.78, 5) is 45.1. The van der Waals surface area contributed by atoms with Crippen LogP contribution in [0.2, 0.25) is 0 Å². The molecule has 0 saturated heterocycles. The molecule has 0 atom stereocenters. The number of aromatic nitrogens is 5. The number of benzene rings is 7. The van der Waals surface area contributed by atoms with Gasteiger partial charge in [-0.3, -0.25) is 24.4 Å². The first-order chi connectivity index (χ1) is 46.9. The molecule has 0 radical (unpaired) electrons. The van der Waals surface area contributed by atoms with E-state index in [1.807, 2.05) is 84.9 Å². The van der Waals surface area contributed by atoms with Gasteiger partial charge in [0.05, 0.1) is 11.0 Å². The summed E-state index contributed by atoms with van der Waals surface area (Å²) in [6.07, 6.45) is 2.17. The number of rotatable bonds is 21. The van der Waals surface area contributed by atoms with Crippen LogP contribution in [0.1, 0.15) is 129 Å². The Balaban J connectivity index is 0.000000171. The van der Waals surface area contributed by atoms with E-state index in [-0.39, 0.29) is 84.3 Å². The number of allylic oxidation sites excluding steroid dienone is 6. The smallest absolute Gasteiger partial charge is 0.869 e. The fourth-order valence-corrected chi connectivity index (χ4v) is 12.0. The summed E-state index contributed by atoms with van der Waals surface area (Å²) < 4.78 is 118. The van der Waals surface area contributed by atoms with Gasteiger partial charge in [0.1, 0.15) is 0 Å². The minimum Gasteiger partial charge on any atom is -0.869 e. The topological polar surface area (TPSA) is 161 Å². The van der Waals surface area contributed by atoms with E-state index >= 15 is 0 Å². The van der Waals surface area contributed by atoms with Crippen molar-refractivity contribution in [1.82, 2.24) is 23.7 Å². The van der Waals surface area contributed by atoms with Crippen molar-refractivity contribution in [1.29, 1.82) is 0 Å². The molecule has 5 heterocycles. The fraction of sp³-hybridized carbons (Fsp3) is 0.269. The molecule has 0 aliphatic rings. The van der Waals surface area contributed by atoms with Crippen molar-refractivity contribution in [2.75, 3.05) is 0 Å². The average Bonchev–Trinajstić information content (AvgIpc) is 1.73. The molecular formula is C78H71EuF9N5O6. The van der Waals surface area contributed by atoms with E-state index in [9.17, 15) is 69.2 Å². The van der Waals surface area contributed by atoms with Crippen LogP contribution in [-0.2, 0) is 19.6 Å². The summed E-state index contributed by atoms with van der Waals surface area (Å²) in [5.41, 5.74) is 8.01. The maximum absolute atomic E-state index is 12.4. The zero-order valence-corrected chi connectivity index (χ0v) is 57.0. The Morgan fingerprint density at radius 1 is 0.354 bits per heavy atom. The van der Waals surface area contributed by atoms with Crippen molar-refractivity contribution in [3.63, 3.8) is 0 Å². The minimum absolute atomic E-state index is 0. The summed E-state index contributed by atoms with van der Waals surface area (Å²) in [5.74, 6) is -9.25. The minimum atomic E-state index is -5.05. The van der Waals surface area contributed by atoms with E-state index in [2.05, 4.69) is 68.7 Å². The quantitative estimate of drug-likeness (QED) is 0.0172. The molecule has 0 amide bonds. The first-order valence-electron chi connectivity index (χ1n) is 32.6. The summed E-state index contributed by atoms with van der Waals surface area (Å²) in [6, 6.07) is 49.8. The molecule has 0 fully saturated rings. The third-order valence-electron chi connectivity index (χ3n) is 16.8. The first-order valence-corrected chi connectivity index (χ1v) is 32.6. The van der Waals surface area contributed by atoms with Crippen molar-refractivity contribution in [2.24, 2.45) is 0 Å². The molecule has 0 aliphatic carbocycles. The second kappa shape index (κ2) is 34.4. The van der Waals surface area contributed by atoms with Crippen molar-refractivity contribution in [3.05, 3.63) is 228 Å². The monoisotopic (exact) mass is 1500 g/mol. The third-order valence-corrected chi connectivity index (χ3v) is 16.8. The maximum Gasteiger partial charge on any atom is 3.00 e. The molecule has 0 bridgehead atoms. The number of alkyl halides is 9. The molecular weight excluding hydrogens is 1430 g/mol. The summed E-state index contributed by atoms with van der Waals surface area (Å²) in [5, 5.41) is 40.8. The Bertz CT molecular complexity index is 4470. The van der Waals surface area contributed by atoms with Gasteiger partial charge in [0.25, 0.3) is 0 Å². The summed E-state index contributed by atoms with van der Waals surface area (Å²) in [7, 11) is 0. The van der Waals surface area contributed by atoms with Crippen molar-refractivity contribution < 1.29 is 119 Å². The number of hydrogen-bond donors (Lipinski definition) is 0. The van der Waals surface area contributed by atoms with Crippen molar-refractivity contribution >= 4 is 105 Å². The van der Waals surface area contributed by atoms with E-state index < -0.39 is 53.2 Å². The molecule has 12 aromatic rings. The van der Waals surface area contributed by atoms with Crippen LogP contribution in [0.4, 0.5) is 39.5 Å². The van der Waals surface area contributed by atoms with Crippen LogP contribution in [0.15, 0.2) is 212 Å². The number of hydrogen-bond acceptors (Lipinski definition) is 8. The van der Waals surface area contributed by atoms with Gasteiger partial charge in [0.15, 0.2) is 17.3 Å². The Hall–Kier alpha value is -8.66. The van der Waals surface area contributed by atoms with Crippen LogP contribution in [0.5, 0.6) is 0 Å². The number of halogens is 9. The molecule has 5 aromatic heterocycles. The Labute approximate surface area is 606 Å². The number of carbonyl (C=O) groups excluding carboxylic acids is 3. The molecule has 514 valence electrons. The predicted octanol–water partition coefficient (Wildman–Crippen LogP) is 18.9. The van der Waals surface area contributed by atoms with Gasteiger partial charge in [-0.05, 0) is 140 Å². The molecule has 0 unspecified atom stereocenters. The normalized spacial score (nSPS) is 12.4. The molecule has 21 heteroatoms. The molecule has 12 rings (SSSR count). The van der Waals surface area contributed by atoms with Gasteiger partial charge in [-0.15, -0.1) is 0 Å². The van der Waals surface area contributed by atoms with Gasteiger partial charge in [-0.25, -0.2) is 0 Å². The number of fused-ring (bicyclic) bond motifs is 12. The Morgan fingerprint density at radius 3 is 0.899 bits per heavy atom. The third kappa shape index (κ3) is 18.8. The Morgan fingerprint density at radius 2 is 0.626 bits per heavy atom. The standard InChI is InChI=1S/3C22H22F3NO2.C12H8N2.Eu/c3*1-2-3-4-7-12-26-18-9-6-5-8-16(18)17-13-15(10-11-19(17)26)20(27)14-21(28)22(23,24)25;1-3-9-5-6-10-4-2-8-14-12(10)11(9)13-7-1;/h3*5-6,8-11,13-14,28H,2-4,7,12H2,1H3;1-8H;/q;;;;+3/p-3/b3*21-14-;;. The molecule has 0 saturated carbocycles. The number of unbranched alkanes of at least 4 members (excludes halogenated alkanes) is 9. The van der Waals surface area contributed by atoms with E-state index in [4.69, 9.17) is 0 Å². The van der Waals surface area contributed by atoms with E-state index in [1.165, 1.54) is 37.5 Å². The zero-order valence-electron chi connectivity index (χ0n) is 54.5. The van der Waals surface area contributed by atoms with Crippen LogP contribution in [0.25, 0.3) is 87.2 Å². The number of carbonyl (C=O) groups is 3. The van der Waals surface area contributed by atoms with Crippen LogP contribution >= 0.6 is 0 Å². The molecule has 99 heavy (non-hydrogen) atoms. The van der Waals surface area contributed by atoms with Crippen molar-refractivity contribution in [3.8, 4) is 0 Å². The molecule has 0 spiro atoms. The summed E-state index contributed by atoms with van der Waals surface area (Å²) >= 11 is 0. The van der Waals surface area contributed by atoms with E-state index in [0.717, 1.165) is 165 Å². The maximum atomic E-state index is 12.4. The average molecular weight is 1500 g/mol. The zero-order chi connectivity index (χ0) is 70.3. The van der Waals surface area contributed by atoms with Gasteiger partial charge < -0.3 is 29.0 Å².